The van der Waals surface area contributed by atoms with Crippen LogP contribution in [0.25, 0.3) is 10.2 Å². The Kier molecular flexibility index (Phi) is 4.72. The van der Waals surface area contributed by atoms with Crippen LogP contribution in [-0.4, -0.2) is 24.7 Å². The van der Waals surface area contributed by atoms with Gasteiger partial charge >= 0.3 is 0 Å². The summed E-state index contributed by atoms with van der Waals surface area (Å²) in [6.07, 6.45) is 9.56. The number of aromatic nitrogens is 5. The Balaban J connectivity index is 1.60. The molecule has 0 aromatic carbocycles. The van der Waals surface area contributed by atoms with Gasteiger partial charge in [0.05, 0.1) is 11.1 Å². The number of nitrogens with zero attached hydrogens (tertiary/aromatic N) is 5. The van der Waals surface area contributed by atoms with E-state index in [1.165, 1.54) is 29.7 Å². The largest absolute Gasteiger partial charge is 0.383 e. The minimum Gasteiger partial charge on any atom is -0.383 e. The first kappa shape index (κ1) is 16.5. The topological polar surface area (TPSA) is 82.5 Å². The molecule has 0 radical (unpaired) electrons. The molecule has 1 aliphatic rings. The molecule has 8 heteroatoms. The van der Waals surface area contributed by atoms with Gasteiger partial charge in [0.25, 0.3) is 0 Å². The number of hydrogen-bond donors (Lipinski definition) is 1. The molecule has 130 valence electrons. The molecule has 1 aliphatic carbocycles. The standard InChI is InChI=1S/C17H20N6S2/c1-2-8-23-10-19-22-17(23)24-9-13-20-15(18)14-11-6-4-3-5-7-12(11)25-16(14)21-13/h2,10H,1,3-9H2,(H2,18,20,21). The van der Waals surface area contributed by atoms with Crippen LogP contribution in [0.5, 0.6) is 0 Å². The van der Waals surface area contributed by atoms with E-state index in [1.54, 1.807) is 29.4 Å². The first-order valence-corrected chi connectivity index (χ1v) is 10.2. The fraction of sp³-hybridized carbons (Fsp3) is 0.412. The predicted octanol–water partition coefficient (Wildman–Crippen LogP) is 3.61. The lowest BCUT2D eigenvalue weighted by atomic mass is 10.1. The zero-order chi connectivity index (χ0) is 17.2. The molecule has 25 heavy (non-hydrogen) atoms. The number of nitrogen functional groups attached to an aromatic ring is 1. The number of thiophene rings is 1. The summed E-state index contributed by atoms with van der Waals surface area (Å²) in [6, 6.07) is 0. The van der Waals surface area contributed by atoms with E-state index in [1.807, 2.05) is 10.6 Å². The van der Waals surface area contributed by atoms with Gasteiger partial charge in [-0.25, -0.2) is 9.97 Å². The number of hydrogen-bond acceptors (Lipinski definition) is 7. The Hall–Kier alpha value is -1.93. The van der Waals surface area contributed by atoms with Crippen LogP contribution in [0.4, 0.5) is 5.82 Å². The maximum absolute atomic E-state index is 6.30. The van der Waals surface area contributed by atoms with Crippen LogP contribution in [-0.2, 0) is 25.1 Å². The van der Waals surface area contributed by atoms with Crippen molar-refractivity contribution in [1.29, 1.82) is 0 Å². The van der Waals surface area contributed by atoms with Crippen molar-refractivity contribution >= 4 is 39.1 Å². The average molecular weight is 373 g/mol. The summed E-state index contributed by atoms with van der Waals surface area (Å²) in [5, 5.41) is 10.0. The van der Waals surface area contributed by atoms with Crippen molar-refractivity contribution in [3.63, 3.8) is 0 Å². The van der Waals surface area contributed by atoms with Gasteiger partial charge in [0.15, 0.2) is 5.16 Å². The zero-order valence-corrected chi connectivity index (χ0v) is 15.6. The second-order valence-corrected chi connectivity index (χ2v) is 8.14. The minimum absolute atomic E-state index is 0.618. The van der Waals surface area contributed by atoms with Gasteiger partial charge in [-0.1, -0.05) is 24.3 Å². The maximum Gasteiger partial charge on any atom is 0.191 e. The third-order valence-electron chi connectivity index (χ3n) is 4.38. The number of thioether (sulfide) groups is 1. The highest BCUT2D eigenvalue weighted by atomic mass is 32.2. The number of fused-ring (bicyclic) bond motifs is 3. The molecule has 2 N–H and O–H groups in total. The molecule has 0 fully saturated rings. The fourth-order valence-corrected chi connectivity index (χ4v) is 5.29. The number of anilines is 1. The minimum atomic E-state index is 0.618. The van der Waals surface area contributed by atoms with E-state index in [9.17, 15) is 0 Å². The van der Waals surface area contributed by atoms with Crippen LogP contribution in [0.15, 0.2) is 24.1 Å². The van der Waals surface area contributed by atoms with Gasteiger partial charge < -0.3 is 10.3 Å². The monoisotopic (exact) mass is 372 g/mol. The van der Waals surface area contributed by atoms with E-state index in [4.69, 9.17) is 10.7 Å². The molecule has 0 saturated carbocycles. The molecular weight excluding hydrogens is 352 g/mol. The Morgan fingerprint density at radius 1 is 1.28 bits per heavy atom. The number of rotatable bonds is 5. The number of aryl methyl sites for hydroxylation is 2. The molecule has 0 atom stereocenters. The molecule has 0 bridgehead atoms. The normalized spacial score (nSPS) is 14.4. The van der Waals surface area contributed by atoms with Gasteiger partial charge in [-0.05, 0) is 31.2 Å². The molecule has 0 saturated heterocycles. The van der Waals surface area contributed by atoms with Gasteiger partial charge in [-0.15, -0.1) is 28.1 Å². The molecular formula is C17H20N6S2. The molecule has 6 nitrogen and oxygen atoms in total. The Labute approximate surface area is 154 Å². The summed E-state index contributed by atoms with van der Waals surface area (Å²) >= 11 is 3.36. The van der Waals surface area contributed by atoms with Crippen molar-refractivity contribution in [3.05, 3.63) is 35.2 Å². The smallest absolute Gasteiger partial charge is 0.191 e. The van der Waals surface area contributed by atoms with E-state index < -0.39 is 0 Å². The molecule has 0 aliphatic heterocycles. The number of allylic oxidation sites excluding steroid dienone is 1. The summed E-state index contributed by atoms with van der Waals surface area (Å²) in [5.41, 5.74) is 7.69. The van der Waals surface area contributed by atoms with Crippen LogP contribution < -0.4 is 5.73 Å². The Morgan fingerprint density at radius 2 is 2.16 bits per heavy atom. The van der Waals surface area contributed by atoms with Crippen molar-refractivity contribution in [2.24, 2.45) is 0 Å². The van der Waals surface area contributed by atoms with Crippen LogP contribution in [0, 0.1) is 0 Å². The summed E-state index contributed by atoms with van der Waals surface area (Å²) in [7, 11) is 0. The second kappa shape index (κ2) is 7.13. The van der Waals surface area contributed by atoms with Crippen molar-refractivity contribution in [2.75, 3.05) is 5.73 Å². The zero-order valence-electron chi connectivity index (χ0n) is 13.9. The van der Waals surface area contributed by atoms with Crippen LogP contribution in [0.3, 0.4) is 0 Å². The fourth-order valence-electron chi connectivity index (χ4n) is 3.22. The van der Waals surface area contributed by atoms with Crippen LogP contribution in [0.1, 0.15) is 35.5 Å². The lowest BCUT2D eigenvalue weighted by molar-refractivity contribution is 0.713. The van der Waals surface area contributed by atoms with Gasteiger partial charge in [-0.2, -0.15) is 0 Å². The van der Waals surface area contributed by atoms with E-state index >= 15 is 0 Å². The van der Waals surface area contributed by atoms with Crippen molar-refractivity contribution in [2.45, 2.75) is 49.6 Å². The van der Waals surface area contributed by atoms with Gasteiger partial charge in [-0.3, -0.25) is 0 Å². The van der Waals surface area contributed by atoms with Crippen molar-refractivity contribution in [3.8, 4) is 0 Å². The van der Waals surface area contributed by atoms with Crippen molar-refractivity contribution in [1.82, 2.24) is 24.7 Å². The van der Waals surface area contributed by atoms with Crippen molar-refractivity contribution < 1.29 is 0 Å². The highest BCUT2D eigenvalue weighted by Crippen LogP contribution is 2.37. The SMILES string of the molecule is C=CCn1cnnc1SCc1nc(N)c2c3c(sc2n1)CCCCC3. The quantitative estimate of drug-likeness (QED) is 0.418. The Morgan fingerprint density at radius 3 is 3.04 bits per heavy atom. The molecule has 0 amide bonds. The summed E-state index contributed by atoms with van der Waals surface area (Å²) in [6.45, 7) is 4.44. The molecule has 0 spiro atoms. The summed E-state index contributed by atoms with van der Waals surface area (Å²) in [4.78, 5) is 11.8. The van der Waals surface area contributed by atoms with E-state index in [2.05, 4.69) is 21.8 Å². The Bertz CT molecular complexity index is 913. The van der Waals surface area contributed by atoms with E-state index in [0.717, 1.165) is 34.0 Å². The second-order valence-electron chi connectivity index (χ2n) is 6.11. The molecule has 3 aromatic heterocycles. The van der Waals surface area contributed by atoms with Gasteiger partial charge in [0, 0.05) is 11.4 Å². The lowest BCUT2D eigenvalue weighted by Gasteiger charge is -2.05. The molecule has 3 heterocycles. The first-order valence-electron chi connectivity index (χ1n) is 8.44. The summed E-state index contributed by atoms with van der Waals surface area (Å²) < 4.78 is 1.95. The van der Waals surface area contributed by atoms with E-state index in [-0.39, 0.29) is 0 Å². The van der Waals surface area contributed by atoms with Crippen LogP contribution in [0.2, 0.25) is 0 Å². The molecule has 3 aromatic rings. The lowest BCUT2D eigenvalue weighted by Crippen LogP contribution is -2.01. The van der Waals surface area contributed by atoms with E-state index in [0.29, 0.717) is 18.1 Å². The van der Waals surface area contributed by atoms with Gasteiger partial charge in [0.2, 0.25) is 0 Å². The summed E-state index contributed by atoms with van der Waals surface area (Å²) in [5.74, 6) is 1.99. The third kappa shape index (κ3) is 3.28. The van der Waals surface area contributed by atoms with Crippen LogP contribution >= 0.6 is 23.1 Å². The average Bonchev–Trinajstić information content (AvgIpc) is 3.11. The first-order chi connectivity index (χ1) is 12.3. The molecule has 0 unspecified atom stereocenters. The number of nitrogens with two attached hydrogens (primary N) is 1. The van der Waals surface area contributed by atoms with Gasteiger partial charge in [0.1, 0.15) is 22.8 Å². The highest BCUT2D eigenvalue weighted by Gasteiger charge is 2.19. The third-order valence-corrected chi connectivity index (χ3v) is 6.54. The highest BCUT2D eigenvalue weighted by molar-refractivity contribution is 7.98. The maximum atomic E-state index is 6.30. The predicted molar refractivity (Wildman–Crippen MR) is 103 cm³/mol. The molecule has 4 rings (SSSR count).